The number of fused-ring (bicyclic) bond motifs is 1. The monoisotopic (exact) mass is 494 g/mol. The van der Waals surface area contributed by atoms with Crippen molar-refractivity contribution in [3.8, 4) is 11.5 Å². The van der Waals surface area contributed by atoms with Crippen LogP contribution in [0.4, 0.5) is 0 Å². The quantitative estimate of drug-likeness (QED) is 0.364. The fourth-order valence-corrected chi connectivity index (χ4v) is 4.63. The molecule has 6 heteroatoms. The molecule has 1 amide bonds. The van der Waals surface area contributed by atoms with Gasteiger partial charge in [0.05, 0.1) is 17.4 Å². The van der Waals surface area contributed by atoms with Gasteiger partial charge in [-0.1, -0.05) is 35.9 Å². The van der Waals surface area contributed by atoms with Crippen LogP contribution in [0.5, 0.6) is 11.5 Å². The van der Waals surface area contributed by atoms with E-state index in [1.807, 2.05) is 79.7 Å². The molecule has 1 fully saturated rings. The Hall–Kier alpha value is -3.74. The van der Waals surface area contributed by atoms with Crippen LogP contribution in [-0.2, 0) is 6.54 Å². The van der Waals surface area contributed by atoms with Crippen LogP contribution in [0.15, 0.2) is 78.9 Å². The Morgan fingerprint density at radius 1 is 0.973 bits per heavy atom. The molecule has 1 atom stereocenters. The molecule has 1 N–H and O–H groups in total. The lowest BCUT2D eigenvalue weighted by Gasteiger charge is -2.32. The number of benzene rings is 3. The summed E-state index contributed by atoms with van der Waals surface area (Å²) in [5.41, 5.74) is 3.71. The first kappa shape index (κ1) is 24.9. The van der Waals surface area contributed by atoms with E-state index >= 15 is 0 Å². The van der Waals surface area contributed by atoms with Gasteiger partial charge in [0.1, 0.15) is 11.5 Å². The number of nitrogens with zero attached hydrogens (tertiary/aromatic N) is 3. The normalized spacial score (nSPS) is 15.4. The fraction of sp³-hybridized carbons (Fsp3) is 0.290. The summed E-state index contributed by atoms with van der Waals surface area (Å²) in [7, 11) is 2.16. The molecule has 0 bridgehead atoms. The van der Waals surface area contributed by atoms with E-state index in [1.165, 1.54) is 5.56 Å². The van der Waals surface area contributed by atoms with Crippen LogP contribution >= 0.6 is 0 Å². The van der Waals surface area contributed by atoms with E-state index in [1.54, 1.807) is 0 Å². The maximum Gasteiger partial charge on any atom is 0.251 e. The molecule has 3 aromatic carbocycles. The van der Waals surface area contributed by atoms with Crippen molar-refractivity contribution in [2.75, 3.05) is 33.2 Å². The Balaban J connectivity index is 1.26. The summed E-state index contributed by atoms with van der Waals surface area (Å²) in [6.45, 7) is 9.13. The predicted octanol–water partition coefficient (Wildman–Crippen LogP) is 5.57. The number of ether oxygens (including phenoxy) is 1. The van der Waals surface area contributed by atoms with E-state index < -0.39 is 0 Å². The van der Waals surface area contributed by atoms with E-state index in [2.05, 4.69) is 35.2 Å². The minimum atomic E-state index is -0.202. The second kappa shape index (κ2) is 11.1. The molecular formula is C31H34N4O2. The molecule has 0 radical (unpaired) electrons. The predicted molar refractivity (Wildman–Crippen MR) is 148 cm³/mol. The van der Waals surface area contributed by atoms with Crippen molar-refractivity contribution in [1.29, 1.82) is 0 Å². The van der Waals surface area contributed by atoms with Crippen molar-refractivity contribution in [2.45, 2.75) is 26.4 Å². The fourth-order valence-electron chi connectivity index (χ4n) is 4.63. The van der Waals surface area contributed by atoms with E-state index in [4.69, 9.17) is 9.72 Å². The van der Waals surface area contributed by atoms with Gasteiger partial charge in [0.2, 0.25) is 0 Å². The lowest BCUT2D eigenvalue weighted by molar-refractivity contribution is 0.0939. The molecular weight excluding hydrogens is 460 g/mol. The number of rotatable bonds is 7. The van der Waals surface area contributed by atoms with Gasteiger partial charge in [0.15, 0.2) is 0 Å². The van der Waals surface area contributed by atoms with Crippen molar-refractivity contribution in [1.82, 2.24) is 20.1 Å². The van der Waals surface area contributed by atoms with Crippen LogP contribution in [0.2, 0.25) is 0 Å². The molecule has 0 aliphatic carbocycles. The van der Waals surface area contributed by atoms with Gasteiger partial charge < -0.3 is 15.0 Å². The zero-order chi connectivity index (χ0) is 25.8. The van der Waals surface area contributed by atoms with Crippen molar-refractivity contribution in [3.05, 3.63) is 101 Å². The first-order valence-electron chi connectivity index (χ1n) is 12.9. The van der Waals surface area contributed by atoms with Gasteiger partial charge in [-0.3, -0.25) is 14.7 Å². The highest BCUT2D eigenvalue weighted by atomic mass is 16.5. The topological polar surface area (TPSA) is 57.7 Å². The maximum absolute atomic E-state index is 13.1. The van der Waals surface area contributed by atoms with Crippen LogP contribution < -0.4 is 10.1 Å². The highest BCUT2D eigenvalue weighted by Gasteiger charge is 2.17. The lowest BCUT2D eigenvalue weighted by Crippen LogP contribution is -2.44. The molecule has 6 nitrogen and oxygen atoms in total. The van der Waals surface area contributed by atoms with E-state index in [0.29, 0.717) is 5.56 Å². The minimum absolute atomic E-state index is 0.120. The maximum atomic E-state index is 13.1. The number of pyridine rings is 1. The molecule has 1 aromatic heterocycles. The Bertz CT molecular complexity index is 1380. The number of hydrogen-bond acceptors (Lipinski definition) is 5. The minimum Gasteiger partial charge on any atom is -0.457 e. The third kappa shape index (κ3) is 6.16. The number of amides is 1. The summed E-state index contributed by atoms with van der Waals surface area (Å²) in [5, 5.41) is 5.04. The van der Waals surface area contributed by atoms with Gasteiger partial charge in [-0.05, 0) is 74.8 Å². The first-order chi connectivity index (χ1) is 17.9. The summed E-state index contributed by atoms with van der Waals surface area (Å²) in [4.78, 5) is 22.8. The first-order valence-corrected chi connectivity index (χ1v) is 12.9. The largest absolute Gasteiger partial charge is 0.457 e. The molecule has 1 aliphatic rings. The van der Waals surface area contributed by atoms with E-state index in [9.17, 15) is 4.79 Å². The Morgan fingerprint density at radius 3 is 2.51 bits per heavy atom. The standard InChI is InChI=1S/C31H34N4O2/c1-22-10-13-27(14-11-22)37-30-9-4-6-24-20-25(12-15-28(24)30)31(36)32-23(2)29-8-5-7-26(33-29)21-35-18-16-34(3)17-19-35/h4-15,20,23H,16-19,21H2,1-3H3,(H,32,36). The van der Waals surface area contributed by atoms with Crippen LogP contribution in [0, 0.1) is 6.92 Å². The van der Waals surface area contributed by atoms with E-state index in [0.717, 1.165) is 66.4 Å². The van der Waals surface area contributed by atoms with Crippen molar-refractivity contribution in [3.63, 3.8) is 0 Å². The van der Waals surface area contributed by atoms with Crippen LogP contribution in [0.1, 0.15) is 40.3 Å². The average molecular weight is 495 g/mol. The number of piperazine rings is 1. The number of aryl methyl sites for hydroxylation is 1. The molecule has 4 aromatic rings. The summed E-state index contributed by atoms with van der Waals surface area (Å²) in [5.74, 6) is 1.43. The lowest BCUT2D eigenvalue weighted by atomic mass is 10.1. The summed E-state index contributed by atoms with van der Waals surface area (Å²) in [6.07, 6.45) is 0. The second-order valence-electron chi connectivity index (χ2n) is 9.94. The van der Waals surface area contributed by atoms with Gasteiger partial charge in [-0.15, -0.1) is 0 Å². The number of carbonyl (C=O) groups is 1. The van der Waals surface area contributed by atoms with Crippen LogP contribution in [0.3, 0.4) is 0 Å². The molecule has 0 spiro atoms. The number of hydrogen-bond donors (Lipinski definition) is 1. The third-order valence-electron chi connectivity index (χ3n) is 6.95. The third-order valence-corrected chi connectivity index (χ3v) is 6.95. The van der Waals surface area contributed by atoms with Gasteiger partial charge in [-0.25, -0.2) is 0 Å². The van der Waals surface area contributed by atoms with Crippen LogP contribution in [-0.4, -0.2) is 53.9 Å². The number of nitrogens with one attached hydrogen (secondary N) is 1. The summed E-state index contributed by atoms with van der Waals surface area (Å²) in [6, 6.07) is 25.5. The molecule has 37 heavy (non-hydrogen) atoms. The number of aromatic nitrogens is 1. The molecule has 5 rings (SSSR count). The van der Waals surface area contributed by atoms with Crippen molar-refractivity contribution < 1.29 is 9.53 Å². The van der Waals surface area contributed by atoms with Gasteiger partial charge >= 0.3 is 0 Å². The molecule has 1 saturated heterocycles. The summed E-state index contributed by atoms with van der Waals surface area (Å²) >= 11 is 0. The Morgan fingerprint density at radius 2 is 1.73 bits per heavy atom. The zero-order valence-electron chi connectivity index (χ0n) is 21.8. The SMILES string of the molecule is Cc1ccc(Oc2cccc3cc(C(=O)NC(C)c4cccc(CN5CCN(C)CC5)n4)ccc23)cc1. The molecule has 1 aliphatic heterocycles. The van der Waals surface area contributed by atoms with Gasteiger partial charge in [0, 0.05) is 43.7 Å². The zero-order valence-corrected chi connectivity index (χ0v) is 21.8. The van der Waals surface area contributed by atoms with E-state index in [-0.39, 0.29) is 11.9 Å². The molecule has 190 valence electrons. The summed E-state index contributed by atoms with van der Waals surface area (Å²) < 4.78 is 6.13. The number of carbonyl (C=O) groups excluding carboxylic acids is 1. The molecule has 0 saturated carbocycles. The van der Waals surface area contributed by atoms with Crippen molar-refractivity contribution in [2.24, 2.45) is 0 Å². The van der Waals surface area contributed by atoms with Crippen LogP contribution in [0.25, 0.3) is 10.8 Å². The Labute approximate surface area is 218 Å². The highest BCUT2D eigenvalue weighted by molar-refractivity contribution is 6.00. The second-order valence-corrected chi connectivity index (χ2v) is 9.94. The Kier molecular flexibility index (Phi) is 7.49. The average Bonchev–Trinajstić information content (AvgIpc) is 2.91. The smallest absolute Gasteiger partial charge is 0.251 e. The number of likely N-dealkylation sites (N-methyl/N-ethyl adjacent to an activating group) is 1. The molecule has 1 unspecified atom stereocenters. The van der Waals surface area contributed by atoms with Gasteiger partial charge in [0.25, 0.3) is 5.91 Å². The highest BCUT2D eigenvalue weighted by Crippen LogP contribution is 2.31. The molecule has 2 heterocycles. The van der Waals surface area contributed by atoms with Gasteiger partial charge in [-0.2, -0.15) is 0 Å². The van der Waals surface area contributed by atoms with Crippen molar-refractivity contribution >= 4 is 16.7 Å².